The predicted octanol–water partition coefficient (Wildman–Crippen LogP) is 4.17. The van der Waals surface area contributed by atoms with E-state index in [0.29, 0.717) is 0 Å². The molecular weight excluding hydrogens is 258 g/mol. The molecule has 3 rings (SSSR count). The van der Waals surface area contributed by atoms with Crippen molar-refractivity contribution in [2.24, 2.45) is 0 Å². The van der Waals surface area contributed by atoms with Gasteiger partial charge < -0.3 is 0 Å². The molecule has 1 heterocycles. The zero-order valence-electron chi connectivity index (χ0n) is 12.7. The highest BCUT2D eigenvalue weighted by Gasteiger charge is 2.12. The van der Waals surface area contributed by atoms with E-state index in [1.807, 2.05) is 60.9 Å². The molecule has 0 spiro atoms. The minimum atomic E-state index is 0.0803. The summed E-state index contributed by atoms with van der Waals surface area (Å²) in [5, 5.41) is 1.85. The highest BCUT2D eigenvalue weighted by atomic mass is 16.1. The third-order valence-electron chi connectivity index (χ3n) is 4.05. The SMILES string of the molecule is CCc1cc2cccc(C)c2c(=O)n1-c1ccccc1C. The lowest BCUT2D eigenvalue weighted by atomic mass is 10.0. The Hall–Kier alpha value is -2.35. The number of para-hydroxylation sites is 1. The number of hydrogen-bond acceptors (Lipinski definition) is 1. The maximum absolute atomic E-state index is 13.0. The molecule has 1 aromatic heterocycles. The van der Waals surface area contributed by atoms with Crippen LogP contribution in [0.15, 0.2) is 53.3 Å². The number of fused-ring (bicyclic) bond motifs is 1. The zero-order valence-corrected chi connectivity index (χ0v) is 12.7. The quantitative estimate of drug-likeness (QED) is 0.689. The predicted molar refractivity (Wildman–Crippen MR) is 88.4 cm³/mol. The number of hydrogen-bond donors (Lipinski definition) is 0. The molecule has 21 heavy (non-hydrogen) atoms. The lowest BCUT2D eigenvalue weighted by Crippen LogP contribution is -2.23. The van der Waals surface area contributed by atoms with Gasteiger partial charge in [0.1, 0.15) is 0 Å². The van der Waals surface area contributed by atoms with E-state index < -0.39 is 0 Å². The molecule has 2 nitrogen and oxygen atoms in total. The van der Waals surface area contributed by atoms with Gasteiger partial charge in [-0.05, 0) is 48.9 Å². The molecule has 3 aromatic rings. The van der Waals surface area contributed by atoms with Crippen molar-refractivity contribution in [3.63, 3.8) is 0 Å². The first kappa shape index (κ1) is 13.6. The van der Waals surface area contributed by atoms with Crippen LogP contribution in [0.25, 0.3) is 16.5 Å². The summed E-state index contributed by atoms with van der Waals surface area (Å²) in [6, 6.07) is 16.2. The second-order valence-electron chi connectivity index (χ2n) is 5.46. The molecule has 0 fully saturated rings. The summed E-state index contributed by atoms with van der Waals surface area (Å²) in [5.41, 5.74) is 4.25. The van der Waals surface area contributed by atoms with E-state index in [-0.39, 0.29) is 5.56 Å². The summed E-state index contributed by atoms with van der Waals surface area (Å²) in [4.78, 5) is 13.0. The van der Waals surface area contributed by atoms with Crippen molar-refractivity contribution < 1.29 is 0 Å². The van der Waals surface area contributed by atoms with E-state index >= 15 is 0 Å². The smallest absolute Gasteiger partial charge is 0.263 e. The van der Waals surface area contributed by atoms with Crippen molar-refractivity contribution in [2.75, 3.05) is 0 Å². The van der Waals surface area contributed by atoms with Gasteiger partial charge in [-0.2, -0.15) is 0 Å². The van der Waals surface area contributed by atoms with Crippen LogP contribution in [0.4, 0.5) is 0 Å². The highest BCUT2D eigenvalue weighted by molar-refractivity contribution is 5.85. The lowest BCUT2D eigenvalue weighted by Gasteiger charge is -2.16. The van der Waals surface area contributed by atoms with Gasteiger partial charge in [0.15, 0.2) is 0 Å². The van der Waals surface area contributed by atoms with Crippen LogP contribution >= 0.6 is 0 Å². The summed E-state index contributed by atoms with van der Waals surface area (Å²) in [5.74, 6) is 0. The van der Waals surface area contributed by atoms with Crippen molar-refractivity contribution >= 4 is 10.8 Å². The zero-order chi connectivity index (χ0) is 15.0. The van der Waals surface area contributed by atoms with E-state index in [0.717, 1.165) is 39.7 Å². The minimum Gasteiger partial charge on any atom is -0.280 e. The summed E-state index contributed by atoms with van der Waals surface area (Å²) in [6.45, 7) is 6.13. The summed E-state index contributed by atoms with van der Waals surface area (Å²) in [7, 11) is 0. The second-order valence-corrected chi connectivity index (χ2v) is 5.46. The number of pyridine rings is 1. The van der Waals surface area contributed by atoms with E-state index in [9.17, 15) is 4.79 Å². The lowest BCUT2D eigenvalue weighted by molar-refractivity contribution is 0.882. The fourth-order valence-electron chi connectivity index (χ4n) is 2.93. The van der Waals surface area contributed by atoms with E-state index in [1.165, 1.54) is 0 Å². The summed E-state index contributed by atoms with van der Waals surface area (Å²) >= 11 is 0. The van der Waals surface area contributed by atoms with E-state index in [1.54, 1.807) is 0 Å². The normalized spacial score (nSPS) is 11.0. The molecule has 106 valence electrons. The second kappa shape index (κ2) is 5.21. The van der Waals surface area contributed by atoms with Crippen molar-refractivity contribution in [1.29, 1.82) is 0 Å². The third-order valence-corrected chi connectivity index (χ3v) is 4.05. The molecule has 0 bridgehead atoms. The molecule has 2 heteroatoms. The van der Waals surface area contributed by atoms with Crippen molar-refractivity contribution in [1.82, 2.24) is 4.57 Å². The van der Waals surface area contributed by atoms with Crippen LogP contribution < -0.4 is 5.56 Å². The molecule has 0 aliphatic rings. The molecule has 0 saturated carbocycles. The number of nitrogens with zero attached hydrogens (tertiary/aromatic N) is 1. The van der Waals surface area contributed by atoms with Crippen LogP contribution in [-0.2, 0) is 6.42 Å². The first-order valence-corrected chi connectivity index (χ1v) is 7.33. The van der Waals surface area contributed by atoms with Gasteiger partial charge in [-0.1, -0.05) is 43.3 Å². The molecule has 0 unspecified atom stereocenters. The number of aromatic nitrogens is 1. The standard InChI is InChI=1S/C19H19NO/c1-4-16-12-15-10-7-9-14(3)18(15)19(21)20(16)17-11-6-5-8-13(17)2/h5-12H,4H2,1-3H3. The molecule has 0 saturated heterocycles. The van der Waals surface area contributed by atoms with Crippen LogP contribution in [0.5, 0.6) is 0 Å². The average Bonchev–Trinajstić information content (AvgIpc) is 2.48. The Bertz CT molecular complexity index is 874. The van der Waals surface area contributed by atoms with Crippen molar-refractivity contribution in [3.05, 3.63) is 75.7 Å². The number of aryl methyl sites for hydroxylation is 3. The van der Waals surface area contributed by atoms with Gasteiger partial charge in [0.25, 0.3) is 5.56 Å². The monoisotopic (exact) mass is 277 g/mol. The number of rotatable bonds is 2. The molecule has 0 amide bonds. The maximum atomic E-state index is 13.0. The molecule has 2 aromatic carbocycles. The van der Waals surface area contributed by atoms with Crippen LogP contribution in [-0.4, -0.2) is 4.57 Å². The Morgan fingerprint density at radius 2 is 1.67 bits per heavy atom. The minimum absolute atomic E-state index is 0.0803. The first-order valence-electron chi connectivity index (χ1n) is 7.33. The van der Waals surface area contributed by atoms with Crippen LogP contribution in [0.2, 0.25) is 0 Å². The third kappa shape index (κ3) is 2.17. The van der Waals surface area contributed by atoms with Gasteiger partial charge in [-0.3, -0.25) is 9.36 Å². The fraction of sp³-hybridized carbons (Fsp3) is 0.211. The summed E-state index contributed by atoms with van der Waals surface area (Å²) < 4.78 is 1.87. The van der Waals surface area contributed by atoms with Gasteiger partial charge in [-0.25, -0.2) is 0 Å². The fourth-order valence-corrected chi connectivity index (χ4v) is 2.93. The average molecular weight is 277 g/mol. The van der Waals surface area contributed by atoms with E-state index in [4.69, 9.17) is 0 Å². The Kier molecular flexibility index (Phi) is 3.38. The Morgan fingerprint density at radius 1 is 0.952 bits per heavy atom. The Morgan fingerprint density at radius 3 is 2.38 bits per heavy atom. The van der Waals surface area contributed by atoms with Crippen molar-refractivity contribution in [3.8, 4) is 5.69 Å². The Labute approximate surface area is 124 Å². The first-order chi connectivity index (χ1) is 10.1. The molecule has 0 radical (unpaired) electrons. The van der Waals surface area contributed by atoms with Gasteiger partial charge in [-0.15, -0.1) is 0 Å². The van der Waals surface area contributed by atoms with Gasteiger partial charge >= 0.3 is 0 Å². The molecule has 0 aliphatic heterocycles. The Balaban J connectivity index is 2.48. The summed E-state index contributed by atoms with van der Waals surface area (Å²) in [6.07, 6.45) is 0.827. The van der Waals surface area contributed by atoms with Crippen LogP contribution in [0.1, 0.15) is 23.7 Å². The van der Waals surface area contributed by atoms with Gasteiger partial charge in [0.05, 0.1) is 11.1 Å². The molecule has 0 atom stereocenters. The maximum Gasteiger partial charge on any atom is 0.263 e. The topological polar surface area (TPSA) is 22.0 Å². The van der Waals surface area contributed by atoms with Crippen LogP contribution in [0.3, 0.4) is 0 Å². The largest absolute Gasteiger partial charge is 0.280 e. The van der Waals surface area contributed by atoms with Crippen LogP contribution in [0, 0.1) is 13.8 Å². The molecule has 0 N–H and O–H groups in total. The van der Waals surface area contributed by atoms with E-state index in [2.05, 4.69) is 13.0 Å². The van der Waals surface area contributed by atoms with Gasteiger partial charge in [0.2, 0.25) is 0 Å². The van der Waals surface area contributed by atoms with Gasteiger partial charge in [0, 0.05) is 5.69 Å². The molecule has 0 aliphatic carbocycles. The molecular formula is C19H19NO. The highest BCUT2D eigenvalue weighted by Crippen LogP contribution is 2.20. The van der Waals surface area contributed by atoms with Crippen molar-refractivity contribution in [2.45, 2.75) is 27.2 Å². The number of benzene rings is 2.